The molecule has 0 bridgehead atoms. The lowest BCUT2D eigenvalue weighted by molar-refractivity contribution is 0.0342. The number of aromatic nitrogens is 3. The van der Waals surface area contributed by atoms with Gasteiger partial charge in [0.05, 0.1) is 5.52 Å². The summed E-state index contributed by atoms with van der Waals surface area (Å²) < 4.78 is 29.0. The average molecular weight is 289 g/mol. The number of alkyl halides is 2. The van der Waals surface area contributed by atoms with Gasteiger partial charge in [0.25, 0.3) is 5.92 Å². The standard InChI is InChI=1S/C16H17F2N3/c1-4-7-13(10-11-16(17,18)12(2)3)21-15-9-6-5-8-14(15)19-20-21/h4-9H,1-2,10-11H2,3H3/b13-7+. The molecular weight excluding hydrogens is 272 g/mol. The number of benzene rings is 1. The Morgan fingerprint density at radius 1 is 1.38 bits per heavy atom. The van der Waals surface area contributed by atoms with Crippen LogP contribution in [0.1, 0.15) is 19.8 Å². The topological polar surface area (TPSA) is 30.7 Å². The molecule has 1 aromatic carbocycles. The van der Waals surface area contributed by atoms with E-state index in [0.29, 0.717) is 5.70 Å². The number of hydrogen-bond acceptors (Lipinski definition) is 2. The molecule has 110 valence electrons. The molecule has 0 radical (unpaired) electrons. The number of nitrogens with zero attached hydrogens (tertiary/aromatic N) is 3. The second kappa shape index (κ2) is 5.99. The number of halogens is 2. The summed E-state index contributed by atoms with van der Waals surface area (Å²) in [7, 11) is 0. The molecule has 21 heavy (non-hydrogen) atoms. The number of hydrogen-bond donors (Lipinski definition) is 0. The van der Waals surface area contributed by atoms with Crippen molar-refractivity contribution in [2.45, 2.75) is 25.7 Å². The van der Waals surface area contributed by atoms with E-state index in [1.165, 1.54) is 6.92 Å². The zero-order valence-electron chi connectivity index (χ0n) is 11.9. The van der Waals surface area contributed by atoms with Crippen LogP contribution in [0.5, 0.6) is 0 Å². The molecule has 0 amide bonds. The number of fused-ring (bicyclic) bond motifs is 1. The van der Waals surface area contributed by atoms with Gasteiger partial charge >= 0.3 is 0 Å². The average Bonchev–Trinajstić information content (AvgIpc) is 2.87. The third-order valence-electron chi connectivity index (χ3n) is 3.25. The molecule has 5 heteroatoms. The maximum Gasteiger partial charge on any atom is 0.269 e. The van der Waals surface area contributed by atoms with E-state index in [9.17, 15) is 8.78 Å². The summed E-state index contributed by atoms with van der Waals surface area (Å²) in [5.74, 6) is -2.89. The SMILES string of the molecule is C=C/C=C(\CCC(F)(F)C(=C)C)n1nnc2ccccc21. The third kappa shape index (κ3) is 3.24. The van der Waals surface area contributed by atoms with Crippen molar-refractivity contribution in [2.75, 3.05) is 0 Å². The Labute approximate surface area is 122 Å². The molecular formula is C16H17F2N3. The molecule has 0 spiro atoms. The van der Waals surface area contributed by atoms with Gasteiger partial charge in [-0.2, -0.15) is 0 Å². The van der Waals surface area contributed by atoms with Gasteiger partial charge in [0.1, 0.15) is 5.52 Å². The zero-order chi connectivity index (χ0) is 15.5. The van der Waals surface area contributed by atoms with Crippen molar-refractivity contribution in [3.63, 3.8) is 0 Å². The zero-order valence-corrected chi connectivity index (χ0v) is 11.9. The Kier molecular flexibility index (Phi) is 4.31. The van der Waals surface area contributed by atoms with E-state index >= 15 is 0 Å². The highest BCUT2D eigenvalue weighted by atomic mass is 19.3. The quantitative estimate of drug-likeness (QED) is 0.581. The molecule has 2 rings (SSSR count). The maximum atomic E-state index is 13.7. The molecule has 2 aromatic rings. The molecule has 0 fully saturated rings. The lowest BCUT2D eigenvalue weighted by Crippen LogP contribution is -2.17. The monoisotopic (exact) mass is 289 g/mol. The lowest BCUT2D eigenvalue weighted by atomic mass is 10.1. The van der Waals surface area contributed by atoms with Crippen LogP contribution in [0.25, 0.3) is 16.7 Å². The van der Waals surface area contributed by atoms with Crippen molar-refractivity contribution in [3.8, 4) is 0 Å². The van der Waals surface area contributed by atoms with Crippen LogP contribution >= 0.6 is 0 Å². The molecule has 0 atom stereocenters. The predicted octanol–water partition coefficient (Wildman–Crippen LogP) is 4.45. The Balaban J connectivity index is 2.30. The minimum absolute atomic E-state index is 0.135. The van der Waals surface area contributed by atoms with E-state index in [2.05, 4.69) is 23.5 Å². The van der Waals surface area contributed by atoms with Gasteiger partial charge in [-0.05, 0) is 37.1 Å². The minimum atomic E-state index is -2.89. The molecule has 0 saturated heterocycles. The van der Waals surface area contributed by atoms with Crippen molar-refractivity contribution in [3.05, 3.63) is 55.1 Å². The summed E-state index contributed by atoms with van der Waals surface area (Å²) in [5, 5.41) is 8.08. The van der Waals surface area contributed by atoms with E-state index in [-0.39, 0.29) is 18.4 Å². The van der Waals surface area contributed by atoms with E-state index in [4.69, 9.17) is 0 Å². The maximum absolute atomic E-state index is 13.7. The highest BCUT2D eigenvalue weighted by Gasteiger charge is 2.30. The fraction of sp³-hybridized carbons (Fsp3) is 0.250. The van der Waals surface area contributed by atoms with Crippen LogP contribution < -0.4 is 0 Å². The first kappa shape index (κ1) is 15.1. The van der Waals surface area contributed by atoms with Crippen molar-refractivity contribution in [2.24, 2.45) is 0 Å². The van der Waals surface area contributed by atoms with Crippen molar-refractivity contribution in [1.29, 1.82) is 0 Å². The first-order valence-corrected chi connectivity index (χ1v) is 6.62. The molecule has 0 N–H and O–H groups in total. The van der Waals surface area contributed by atoms with E-state index in [0.717, 1.165) is 11.0 Å². The molecule has 1 aromatic heterocycles. The van der Waals surface area contributed by atoms with E-state index in [1.54, 1.807) is 16.8 Å². The highest BCUT2D eigenvalue weighted by Crippen LogP contribution is 2.31. The second-order valence-electron chi connectivity index (χ2n) is 4.87. The van der Waals surface area contributed by atoms with Crippen LogP contribution in [0.2, 0.25) is 0 Å². The van der Waals surface area contributed by atoms with Gasteiger partial charge in [0, 0.05) is 12.1 Å². The molecule has 3 nitrogen and oxygen atoms in total. The molecule has 0 aliphatic heterocycles. The van der Waals surface area contributed by atoms with Gasteiger partial charge in [0.2, 0.25) is 0 Å². The Morgan fingerprint density at radius 2 is 2.10 bits per heavy atom. The van der Waals surface area contributed by atoms with Crippen LogP contribution in [0.3, 0.4) is 0 Å². The lowest BCUT2D eigenvalue weighted by Gasteiger charge is -2.17. The van der Waals surface area contributed by atoms with E-state index < -0.39 is 5.92 Å². The molecule has 0 saturated carbocycles. The number of allylic oxidation sites excluding steroid dienone is 4. The number of rotatable bonds is 6. The van der Waals surface area contributed by atoms with Crippen LogP contribution in [-0.2, 0) is 0 Å². The summed E-state index contributed by atoms with van der Waals surface area (Å²) in [6.07, 6.45) is 3.07. The Hall–Kier alpha value is -2.30. The van der Waals surface area contributed by atoms with Gasteiger partial charge in [-0.15, -0.1) is 5.10 Å². The van der Waals surface area contributed by atoms with Gasteiger partial charge in [0.15, 0.2) is 0 Å². The van der Waals surface area contributed by atoms with Crippen molar-refractivity contribution < 1.29 is 8.78 Å². The van der Waals surface area contributed by atoms with E-state index in [1.807, 2.05) is 24.3 Å². The summed E-state index contributed by atoms with van der Waals surface area (Å²) in [6, 6.07) is 7.39. The minimum Gasteiger partial charge on any atom is -0.217 e. The van der Waals surface area contributed by atoms with Crippen LogP contribution in [-0.4, -0.2) is 20.9 Å². The second-order valence-corrected chi connectivity index (χ2v) is 4.87. The van der Waals surface area contributed by atoms with Gasteiger partial charge in [-0.1, -0.05) is 36.6 Å². The first-order valence-electron chi connectivity index (χ1n) is 6.62. The fourth-order valence-electron chi connectivity index (χ4n) is 1.98. The van der Waals surface area contributed by atoms with Crippen LogP contribution in [0.4, 0.5) is 8.78 Å². The summed E-state index contributed by atoms with van der Waals surface area (Å²) in [4.78, 5) is 0. The molecule has 0 aliphatic carbocycles. The molecule has 0 unspecified atom stereocenters. The normalized spacial score (nSPS) is 12.6. The predicted molar refractivity (Wildman–Crippen MR) is 81.0 cm³/mol. The van der Waals surface area contributed by atoms with Crippen LogP contribution in [0.15, 0.2) is 55.1 Å². The summed E-state index contributed by atoms with van der Waals surface area (Å²) in [6.45, 7) is 8.30. The highest BCUT2D eigenvalue weighted by molar-refractivity contribution is 5.77. The smallest absolute Gasteiger partial charge is 0.217 e. The largest absolute Gasteiger partial charge is 0.269 e. The number of para-hydroxylation sites is 1. The Morgan fingerprint density at radius 3 is 2.76 bits per heavy atom. The van der Waals surface area contributed by atoms with Crippen molar-refractivity contribution in [1.82, 2.24) is 15.0 Å². The Bertz CT molecular complexity index is 698. The third-order valence-corrected chi connectivity index (χ3v) is 3.25. The molecule has 1 heterocycles. The van der Waals surface area contributed by atoms with Gasteiger partial charge in [-0.3, -0.25) is 0 Å². The van der Waals surface area contributed by atoms with Crippen molar-refractivity contribution >= 4 is 16.7 Å². The summed E-state index contributed by atoms with van der Waals surface area (Å²) in [5.41, 5.74) is 1.99. The fourth-order valence-corrected chi connectivity index (χ4v) is 1.98. The van der Waals surface area contributed by atoms with Gasteiger partial charge < -0.3 is 0 Å². The molecule has 0 aliphatic rings. The van der Waals surface area contributed by atoms with Gasteiger partial charge in [-0.25, -0.2) is 13.5 Å². The van der Waals surface area contributed by atoms with Crippen LogP contribution in [0, 0.1) is 0 Å². The summed E-state index contributed by atoms with van der Waals surface area (Å²) >= 11 is 0. The first-order chi connectivity index (χ1) is 9.95.